The summed E-state index contributed by atoms with van der Waals surface area (Å²) in [5.41, 5.74) is 0. The molecule has 0 aliphatic carbocycles. The number of carbonyl (C=O) groups is 1. The first-order valence-electron chi connectivity index (χ1n) is 11.2. The van der Waals surface area contributed by atoms with Gasteiger partial charge in [0, 0.05) is 45.2 Å². The molecule has 0 spiro atoms. The van der Waals surface area contributed by atoms with Gasteiger partial charge in [-0.15, -0.1) is 0 Å². The minimum Gasteiger partial charge on any atom is -0.355 e. The Balaban J connectivity index is 1.38. The molecule has 3 aliphatic rings. The number of hydrogen-bond donors (Lipinski definition) is 1. The van der Waals surface area contributed by atoms with E-state index in [4.69, 9.17) is 0 Å². The van der Waals surface area contributed by atoms with Gasteiger partial charge < -0.3 is 10.2 Å². The van der Waals surface area contributed by atoms with E-state index in [0.29, 0.717) is 51.5 Å². The Morgan fingerprint density at radius 1 is 0.857 bits per heavy atom. The van der Waals surface area contributed by atoms with Crippen molar-refractivity contribution < 1.29 is 13.2 Å². The maximum Gasteiger partial charge on any atom is 0.281 e. The van der Waals surface area contributed by atoms with Crippen LogP contribution in [-0.4, -0.2) is 80.2 Å². The van der Waals surface area contributed by atoms with Crippen LogP contribution in [0.25, 0.3) is 0 Å². The van der Waals surface area contributed by atoms with Crippen LogP contribution in [0.2, 0.25) is 0 Å². The number of amides is 1. The Morgan fingerprint density at radius 2 is 1.39 bits per heavy atom. The molecule has 162 valence electrons. The SMILES string of the molecule is CC1CCN(S(=O)(=O)N2CCC(C(=O)NCCN3CCCCCC3)CC2)CC1. The fourth-order valence-electron chi connectivity index (χ4n) is 4.57. The minimum absolute atomic E-state index is 0.0584. The van der Waals surface area contributed by atoms with Gasteiger partial charge in [-0.3, -0.25) is 4.79 Å². The van der Waals surface area contributed by atoms with E-state index in [1.54, 1.807) is 8.61 Å². The van der Waals surface area contributed by atoms with Gasteiger partial charge in [-0.2, -0.15) is 17.0 Å². The molecule has 0 aromatic rings. The largest absolute Gasteiger partial charge is 0.355 e. The number of rotatable bonds is 6. The van der Waals surface area contributed by atoms with E-state index in [1.165, 1.54) is 25.7 Å². The van der Waals surface area contributed by atoms with Crippen LogP contribution in [0, 0.1) is 11.8 Å². The van der Waals surface area contributed by atoms with E-state index in [9.17, 15) is 13.2 Å². The number of nitrogens with one attached hydrogen (secondary N) is 1. The first kappa shape index (κ1) is 22.0. The highest BCUT2D eigenvalue weighted by Crippen LogP contribution is 2.25. The third kappa shape index (κ3) is 5.90. The second-order valence-electron chi connectivity index (χ2n) is 8.81. The van der Waals surface area contributed by atoms with Crippen LogP contribution < -0.4 is 5.32 Å². The van der Waals surface area contributed by atoms with Gasteiger partial charge >= 0.3 is 0 Å². The van der Waals surface area contributed by atoms with Crippen molar-refractivity contribution in [1.82, 2.24) is 18.8 Å². The van der Waals surface area contributed by atoms with Crippen LogP contribution in [0.1, 0.15) is 58.3 Å². The highest BCUT2D eigenvalue weighted by Gasteiger charge is 2.35. The van der Waals surface area contributed by atoms with Crippen LogP contribution in [0.5, 0.6) is 0 Å². The molecule has 3 rings (SSSR count). The average Bonchev–Trinajstić information content (AvgIpc) is 2.97. The topological polar surface area (TPSA) is 73.0 Å². The third-order valence-electron chi connectivity index (χ3n) is 6.65. The van der Waals surface area contributed by atoms with Gasteiger partial charge in [-0.25, -0.2) is 0 Å². The first-order valence-corrected chi connectivity index (χ1v) is 12.6. The maximum atomic E-state index is 12.8. The normalized spacial score (nSPS) is 25.5. The number of nitrogens with zero attached hydrogens (tertiary/aromatic N) is 3. The Bertz CT molecular complexity index is 589. The predicted octanol–water partition coefficient (Wildman–Crippen LogP) is 1.67. The zero-order chi connectivity index (χ0) is 20.0. The van der Waals surface area contributed by atoms with Crippen LogP contribution in [0.3, 0.4) is 0 Å². The Hall–Kier alpha value is -0.700. The standard InChI is InChI=1S/C20H38N4O3S/c1-18-6-13-23(14-7-18)28(26,27)24-15-8-19(9-16-24)20(25)21-10-17-22-11-4-2-3-5-12-22/h18-19H,2-17H2,1H3,(H,21,25). The average molecular weight is 415 g/mol. The molecule has 3 heterocycles. The van der Waals surface area contributed by atoms with E-state index in [0.717, 1.165) is 32.5 Å². The molecule has 0 radical (unpaired) electrons. The lowest BCUT2D eigenvalue weighted by molar-refractivity contribution is -0.126. The number of likely N-dealkylation sites (tertiary alicyclic amines) is 1. The fourth-order valence-corrected chi connectivity index (χ4v) is 6.24. The number of hydrogen-bond acceptors (Lipinski definition) is 4. The molecule has 3 aliphatic heterocycles. The number of carbonyl (C=O) groups excluding carboxylic acids is 1. The molecule has 0 atom stereocenters. The zero-order valence-corrected chi connectivity index (χ0v) is 18.3. The van der Waals surface area contributed by atoms with Crippen molar-refractivity contribution in [3.63, 3.8) is 0 Å². The summed E-state index contributed by atoms with van der Waals surface area (Å²) in [6, 6.07) is 0. The summed E-state index contributed by atoms with van der Waals surface area (Å²) in [4.78, 5) is 14.9. The molecule has 7 nitrogen and oxygen atoms in total. The molecule has 0 saturated carbocycles. The predicted molar refractivity (Wildman–Crippen MR) is 111 cm³/mol. The Kier molecular flexibility index (Phi) is 8.14. The molecule has 1 N–H and O–H groups in total. The highest BCUT2D eigenvalue weighted by molar-refractivity contribution is 7.86. The van der Waals surface area contributed by atoms with Crippen LogP contribution in [-0.2, 0) is 15.0 Å². The zero-order valence-electron chi connectivity index (χ0n) is 17.4. The van der Waals surface area contributed by atoms with Gasteiger partial charge in [-0.1, -0.05) is 19.8 Å². The highest BCUT2D eigenvalue weighted by atomic mass is 32.2. The van der Waals surface area contributed by atoms with Crippen molar-refractivity contribution in [3.8, 4) is 0 Å². The molecular weight excluding hydrogens is 376 g/mol. The van der Waals surface area contributed by atoms with Gasteiger partial charge in [0.05, 0.1) is 0 Å². The van der Waals surface area contributed by atoms with Crippen molar-refractivity contribution in [3.05, 3.63) is 0 Å². The maximum absolute atomic E-state index is 12.8. The van der Waals surface area contributed by atoms with E-state index < -0.39 is 10.2 Å². The summed E-state index contributed by atoms with van der Waals surface area (Å²) < 4.78 is 28.9. The first-order chi connectivity index (χ1) is 13.5. The molecule has 3 saturated heterocycles. The summed E-state index contributed by atoms with van der Waals surface area (Å²) >= 11 is 0. The van der Waals surface area contributed by atoms with Gasteiger partial charge in [0.2, 0.25) is 5.91 Å². The molecule has 8 heteroatoms. The second-order valence-corrected chi connectivity index (χ2v) is 10.7. The van der Waals surface area contributed by atoms with Crippen molar-refractivity contribution in [2.45, 2.75) is 58.3 Å². The molecular formula is C20H38N4O3S. The minimum atomic E-state index is -3.36. The van der Waals surface area contributed by atoms with Crippen molar-refractivity contribution in [1.29, 1.82) is 0 Å². The van der Waals surface area contributed by atoms with E-state index >= 15 is 0 Å². The molecule has 3 fully saturated rings. The summed E-state index contributed by atoms with van der Waals surface area (Å²) in [5, 5.41) is 3.08. The fraction of sp³-hybridized carbons (Fsp3) is 0.950. The van der Waals surface area contributed by atoms with Crippen LogP contribution >= 0.6 is 0 Å². The van der Waals surface area contributed by atoms with E-state index in [-0.39, 0.29) is 11.8 Å². The number of piperidine rings is 2. The summed E-state index contributed by atoms with van der Waals surface area (Å²) in [5.74, 6) is 0.644. The molecule has 1 amide bonds. The monoisotopic (exact) mass is 414 g/mol. The van der Waals surface area contributed by atoms with E-state index in [2.05, 4.69) is 17.1 Å². The van der Waals surface area contributed by atoms with Gasteiger partial charge in [0.15, 0.2) is 0 Å². The second kappa shape index (κ2) is 10.4. The smallest absolute Gasteiger partial charge is 0.281 e. The molecule has 0 aromatic carbocycles. The molecule has 0 unspecified atom stereocenters. The summed E-state index contributed by atoms with van der Waals surface area (Å²) in [7, 11) is -3.36. The van der Waals surface area contributed by atoms with E-state index in [1.807, 2.05) is 0 Å². The lowest BCUT2D eigenvalue weighted by Crippen LogP contribution is -2.50. The Labute approximate surface area is 171 Å². The quantitative estimate of drug-likeness (QED) is 0.718. The third-order valence-corrected chi connectivity index (χ3v) is 8.68. The lowest BCUT2D eigenvalue weighted by Gasteiger charge is -2.37. The Morgan fingerprint density at radius 3 is 1.96 bits per heavy atom. The van der Waals surface area contributed by atoms with Crippen molar-refractivity contribution in [2.24, 2.45) is 11.8 Å². The van der Waals surface area contributed by atoms with Crippen LogP contribution in [0.4, 0.5) is 0 Å². The van der Waals surface area contributed by atoms with Gasteiger partial charge in [0.1, 0.15) is 0 Å². The van der Waals surface area contributed by atoms with Crippen molar-refractivity contribution >= 4 is 16.1 Å². The van der Waals surface area contributed by atoms with Gasteiger partial charge in [-0.05, 0) is 57.5 Å². The summed E-state index contributed by atoms with van der Waals surface area (Å²) in [6.45, 7) is 8.25. The van der Waals surface area contributed by atoms with Crippen molar-refractivity contribution in [2.75, 3.05) is 52.4 Å². The van der Waals surface area contributed by atoms with Gasteiger partial charge in [0.25, 0.3) is 10.2 Å². The molecule has 0 bridgehead atoms. The molecule has 0 aromatic heterocycles. The lowest BCUT2D eigenvalue weighted by atomic mass is 9.97. The molecule has 28 heavy (non-hydrogen) atoms. The summed E-state index contributed by atoms with van der Waals surface area (Å²) in [6.07, 6.45) is 8.29. The van der Waals surface area contributed by atoms with Crippen LogP contribution in [0.15, 0.2) is 0 Å².